The Morgan fingerprint density at radius 1 is 1.32 bits per heavy atom. The zero-order valence-electron chi connectivity index (χ0n) is 11.0. The monoisotopic (exact) mass is 288 g/mol. The maximum atomic E-state index is 11.5. The Balaban J connectivity index is 2.15. The summed E-state index contributed by atoms with van der Waals surface area (Å²) in [4.78, 5) is 33.4. The van der Waals surface area contributed by atoms with Crippen molar-refractivity contribution in [2.75, 3.05) is 5.75 Å². The third-order valence-corrected chi connectivity index (χ3v) is 4.07. The van der Waals surface area contributed by atoms with Gasteiger partial charge in [-0.1, -0.05) is 19.8 Å². The first-order chi connectivity index (χ1) is 8.97. The second-order valence-corrected chi connectivity index (χ2v) is 6.15. The molecule has 6 nitrogen and oxygen atoms in total. The van der Waals surface area contributed by atoms with E-state index < -0.39 is 17.9 Å². The summed E-state index contributed by atoms with van der Waals surface area (Å²) in [5.41, 5.74) is 0. The number of aliphatic carboxylic acids is 1. The fraction of sp³-hybridized carbons (Fsp3) is 0.750. The van der Waals surface area contributed by atoms with Gasteiger partial charge in [0.15, 0.2) is 0 Å². The number of thioether (sulfide) groups is 1. The predicted molar refractivity (Wildman–Crippen MR) is 73.1 cm³/mol. The van der Waals surface area contributed by atoms with Crippen LogP contribution in [0, 0.1) is 0 Å². The molecule has 1 saturated carbocycles. The zero-order chi connectivity index (χ0) is 14.3. The molecule has 19 heavy (non-hydrogen) atoms. The highest BCUT2D eigenvalue weighted by atomic mass is 32.2. The average molecular weight is 288 g/mol. The van der Waals surface area contributed by atoms with Gasteiger partial charge in [-0.15, -0.1) is 11.8 Å². The van der Waals surface area contributed by atoms with Crippen molar-refractivity contribution < 1.29 is 19.5 Å². The predicted octanol–water partition coefficient (Wildman–Crippen LogP) is 1.35. The van der Waals surface area contributed by atoms with Gasteiger partial charge in [-0.3, -0.25) is 14.9 Å². The maximum absolute atomic E-state index is 11.5. The molecule has 1 fully saturated rings. The van der Waals surface area contributed by atoms with Crippen LogP contribution in [-0.2, 0) is 9.59 Å². The van der Waals surface area contributed by atoms with Crippen LogP contribution in [-0.4, -0.2) is 40.1 Å². The van der Waals surface area contributed by atoms with Crippen LogP contribution in [0.4, 0.5) is 4.79 Å². The fourth-order valence-electron chi connectivity index (χ4n) is 1.98. The second kappa shape index (κ2) is 8.04. The molecule has 3 amide bonds. The topological polar surface area (TPSA) is 95.5 Å². The first-order valence-corrected chi connectivity index (χ1v) is 7.46. The molecule has 3 N–H and O–H groups in total. The van der Waals surface area contributed by atoms with Crippen molar-refractivity contribution >= 4 is 29.7 Å². The van der Waals surface area contributed by atoms with E-state index in [4.69, 9.17) is 5.11 Å². The Kier molecular flexibility index (Phi) is 6.69. The van der Waals surface area contributed by atoms with Crippen LogP contribution in [0.1, 0.15) is 39.0 Å². The summed E-state index contributed by atoms with van der Waals surface area (Å²) in [6.07, 6.45) is 4.16. The number of hydrogen-bond acceptors (Lipinski definition) is 4. The minimum absolute atomic E-state index is 0.00617. The van der Waals surface area contributed by atoms with Crippen LogP contribution < -0.4 is 10.6 Å². The van der Waals surface area contributed by atoms with E-state index in [0.717, 1.165) is 25.7 Å². The lowest BCUT2D eigenvalue weighted by atomic mass is 10.2. The molecule has 0 aliphatic heterocycles. The molecule has 1 aliphatic rings. The molecular formula is C12H20N2O4S. The number of carboxylic acids is 1. The van der Waals surface area contributed by atoms with Crippen molar-refractivity contribution in [2.45, 2.75) is 50.3 Å². The molecule has 7 heteroatoms. The van der Waals surface area contributed by atoms with Gasteiger partial charge in [0.1, 0.15) is 0 Å². The lowest BCUT2D eigenvalue weighted by Crippen LogP contribution is -2.44. The van der Waals surface area contributed by atoms with Crippen molar-refractivity contribution in [2.24, 2.45) is 0 Å². The van der Waals surface area contributed by atoms with Crippen LogP contribution in [0.15, 0.2) is 0 Å². The second-order valence-electron chi connectivity index (χ2n) is 4.72. The summed E-state index contributed by atoms with van der Waals surface area (Å²) >= 11 is 1.22. The van der Waals surface area contributed by atoms with E-state index in [0.29, 0.717) is 0 Å². The van der Waals surface area contributed by atoms with Crippen LogP contribution in [0.25, 0.3) is 0 Å². The van der Waals surface area contributed by atoms with Crippen molar-refractivity contribution in [1.29, 1.82) is 0 Å². The Morgan fingerprint density at radius 2 is 1.95 bits per heavy atom. The van der Waals surface area contributed by atoms with Gasteiger partial charge in [0.25, 0.3) is 0 Å². The molecule has 0 saturated heterocycles. The van der Waals surface area contributed by atoms with Gasteiger partial charge < -0.3 is 10.4 Å². The number of carbonyl (C=O) groups is 3. The molecule has 108 valence electrons. The van der Waals surface area contributed by atoms with Crippen molar-refractivity contribution in [3.63, 3.8) is 0 Å². The molecule has 0 heterocycles. The summed E-state index contributed by atoms with van der Waals surface area (Å²) in [5.74, 6) is -1.19. The highest BCUT2D eigenvalue weighted by Gasteiger charge is 2.18. The lowest BCUT2D eigenvalue weighted by Gasteiger charge is -2.12. The van der Waals surface area contributed by atoms with Gasteiger partial charge in [-0.25, -0.2) is 4.79 Å². The van der Waals surface area contributed by atoms with E-state index in [9.17, 15) is 14.4 Å². The number of hydrogen-bond donors (Lipinski definition) is 3. The smallest absolute Gasteiger partial charge is 0.321 e. The molecule has 1 aliphatic carbocycles. The summed E-state index contributed by atoms with van der Waals surface area (Å²) in [6.45, 7) is 1.74. The normalized spacial score (nSPS) is 16.9. The van der Waals surface area contributed by atoms with Gasteiger partial charge in [0.05, 0.1) is 12.2 Å². The van der Waals surface area contributed by atoms with E-state index >= 15 is 0 Å². The Bertz CT molecular complexity index is 343. The third kappa shape index (κ3) is 7.05. The minimum atomic E-state index is -0.889. The number of carbonyl (C=O) groups excluding carboxylic acids is 2. The SMILES string of the molecule is CC(CC(=O)O)SCC(=O)NC(=O)NC1CCCC1. The van der Waals surface area contributed by atoms with Crippen LogP contribution in [0.2, 0.25) is 0 Å². The standard InChI is InChI=1S/C12H20N2O4S/c1-8(6-11(16)17)19-7-10(15)14-12(18)13-9-4-2-3-5-9/h8-9H,2-7H2,1H3,(H,16,17)(H2,13,14,15,18). The summed E-state index contributed by atoms with van der Waals surface area (Å²) in [6, 6.07) is -0.283. The number of imide groups is 1. The molecule has 1 rings (SSSR count). The molecule has 0 spiro atoms. The molecule has 0 aromatic rings. The fourth-order valence-corrected chi connectivity index (χ4v) is 2.75. The Morgan fingerprint density at radius 3 is 2.53 bits per heavy atom. The van der Waals surface area contributed by atoms with Gasteiger partial charge >= 0.3 is 12.0 Å². The highest BCUT2D eigenvalue weighted by molar-refractivity contribution is 8.00. The molecule has 0 aromatic heterocycles. The number of nitrogens with one attached hydrogen (secondary N) is 2. The number of carboxylic acid groups (broad SMARTS) is 1. The summed E-state index contributed by atoms with van der Waals surface area (Å²) in [7, 11) is 0. The number of amides is 3. The molecule has 0 radical (unpaired) electrons. The van der Waals surface area contributed by atoms with Gasteiger partial charge in [-0.2, -0.15) is 0 Å². The average Bonchev–Trinajstić information content (AvgIpc) is 2.78. The first kappa shape index (κ1) is 15.8. The maximum Gasteiger partial charge on any atom is 0.321 e. The van der Waals surface area contributed by atoms with E-state index in [1.807, 2.05) is 0 Å². The van der Waals surface area contributed by atoms with Crippen LogP contribution in [0.5, 0.6) is 0 Å². The zero-order valence-corrected chi connectivity index (χ0v) is 11.8. The van der Waals surface area contributed by atoms with Gasteiger partial charge in [-0.05, 0) is 12.8 Å². The van der Waals surface area contributed by atoms with E-state index in [-0.39, 0.29) is 23.5 Å². The molecule has 0 aromatic carbocycles. The largest absolute Gasteiger partial charge is 0.481 e. The van der Waals surface area contributed by atoms with Crippen LogP contribution >= 0.6 is 11.8 Å². The molecular weight excluding hydrogens is 268 g/mol. The minimum Gasteiger partial charge on any atom is -0.481 e. The van der Waals surface area contributed by atoms with E-state index in [1.165, 1.54) is 11.8 Å². The van der Waals surface area contributed by atoms with Gasteiger partial charge in [0.2, 0.25) is 5.91 Å². The summed E-state index contributed by atoms with van der Waals surface area (Å²) < 4.78 is 0. The van der Waals surface area contributed by atoms with Crippen molar-refractivity contribution in [3.8, 4) is 0 Å². The lowest BCUT2D eigenvalue weighted by molar-refractivity contribution is -0.136. The quantitative estimate of drug-likeness (QED) is 0.685. The molecule has 0 bridgehead atoms. The van der Waals surface area contributed by atoms with Crippen molar-refractivity contribution in [3.05, 3.63) is 0 Å². The third-order valence-electron chi connectivity index (χ3n) is 2.90. The van der Waals surface area contributed by atoms with Crippen LogP contribution in [0.3, 0.4) is 0 Å². The Labute approximate surface area is 116 Å². The molecule has 1 unspecified atom stereocenters. The van der Waals surface area contributed by atoms with Crippen molar-refractivity contribution in [1.82, 2.24) is 10.6 Å². The van der Waals surface area contributed by atoms with E-state index in [1.54, 1.807) is 6.92 Å². The highest BCUT2D eigenvalue weighted by Crippen LogP contribution is 2.17. The number of rotatable bonds is 6. The Hall–Kier alpha value is -1.24. The first-order valence-electron chi connectivity index (χ1n) is 6.41. The van der Waals surface area contributed by atoms with Gasteiger partial charge in [0, 0.05) is 11.3 Å². The van der Waals surface area contributed by atoms with E-state index in [2.05, 4.69) is 10.6 Å². The summed E-state index contributed by atoms with van der Waals surface area (Å²) in [5, 5.41) is 13.4. The number of urea groups is 1. The molecule has 1 atom stereocenters.